The number of aromatic nitrogens is 1. The third-order valence-corrected chi connectivity index (χ3v) is 4.00. The van der Waals surface area contributed by atoms with E-state index in [-0.39, 0.29) is 23.5 Å². The van der Waals surface area contributed by atoms with E-state index in [2.05, 4.69) is 15.2 Å². The average molecular weight is 323 g/mol. The van der Waals surface area contributed by atoms with Gasteiger partial charge in [0.15, 0.2) is 12.1 Å². The standard InChI is InChI=1S/C13H13N3O5S/c1-9-6-13(15-21-9)16-22(19,20)12-4-2-10(3-5-12)14-7-11(18)8-17/h2-6,8,14H,7H2,1H3,(H,15,16). The number of carbonyl (C=O) groups is 2. The van der Waals surface area contributed by atoms with E-state index >= 15 is 0 Å². The molecular formula is C13H13N3O5S. The normalized spacial score (nSPS) is 11.0. The SMILES string of the molecule is Cc1cc(NS(=O)(=O)c2ccc(NCC(=O)C=O)cc2)no1. The molecule has 2 rings (SSSR count). The summed E-state index contributed by atoms with van der Waals surface area (Å²) in [7, 11) is -3.78. The molecule has 0 aliphatic rings. The number of benzene rings is 1. The summed E-state index contributed by atoms with van der Waals surface area (Å²) in [5.74, 6) is -0.0202. The summed E-state index contributed by atoms with van der Waals surface area (Å²) in [5.41, 5.74) is 0.520. The zero-order valence-corrected chi connectivity index (χ0v) is 12.4. The Morgan fingerprint density at radius 2 is 2.00 bits per heavy atom. The average Bonchev–Trinajstić information content (AvgIpc) is 2.89. The number of hydrogen-bond donors (Lipinski definition) is 2. The second kappa shape index (κ2) is 6.39. The molecule has 9 heteroatoms. The molecule has 0 radical (unpaired) electrons. The molecule has 1 aromatic heterocycles. The third-order valence-electron chi connectivity index (χ3n) is 2.63. The molecule has 0 saturated carbocycles. The second-order valence-corrected chi connectivity index (χ2v) is 6.07. The predicted octanol–water partition coefficient (Wildman–Crippen LogP) is 0.964. The molecule has 0 aliphatic heterocycles. The zero-order chi connectivity index (χ0) is 16.2. The van der Waals surface area contributed by atoms with Crippen molar-refractivity contribution < 1.29 is 22.5 Å². The maximum Gasteiger partial charge on any atom is 0.263 e. The molecule has 0 amide bonds. The van der Waals surface area contributed by atoms with E-state index in [0.29, 0.717) is 11.4 Å². The summed E-state index contributed by atoms with van der Waals surface area (Å²) in [6.45, 7) is 1.50. The Morgan fingerprint density at radius 1 is 1.32 bits per heavy atom. The van der Waals surface area contributed by atoms with Gasteiger partial charge in [-0.05, 0) is 31.2 Å². The highest BCUT2D eigenvalue weighted by atomic mass is 32.2. The molecule has 0 bridgehead atoms. The number of aldehydes is 1. The smallest absolute Gasteiger partial charge is 0.263 e. The minimum absolute atomic E-state index is 0.0282. The molecule has 116 valence electrons. The number of aryl methyl sites for hydroxylation is 1. The molecule has 0 aliphatic carbocycles. The van der Waals surface area contributed by atoms with Crippen molar-refractivity contribution in [3.63, 3.8) is 0 Å². The van der Waals surface area contributed by atoms with Gasteiger partial charge in [0.25, 0.3) is 10.0 Å². The van der Waals surface area contributed by atoms with Crippen LogP contribution < -0.4 is 10.0 Å². The van der Waals surface area contributed by atoms with Gasteiger partial charge in [0.2, 0.25) is 5.78 Å². The number of hydrogen-bond acceptors (Lipinski definition) is 7. The fourth-order valence-corrected chi connectivity index (χ4v) is 2.58. The van der Waals surface area contributed by atoms with Crippen molar-refractivity contribution in [2.24, 2.45) is 0 Å². The van der Waals surface area contributed by atoms with Gasteiger partial charge in [0, 0.05) is 11.8 Å². The van der Waals surface area contributed by atoms with Gasteiger partial charge in [-0.15, -0.1) is 0 Å². The predicted molar refractivity (Wildman–Crippen MR) is 78.1 cm³/mol. The lowest BCUT2D eigenvalue weighted by Gasteiger charge is -2.07. The quantitative estimate of drug-likeness (QED) is 0.575. The molecule has 0 unspecified atom stereocenters. The Kier molecular flexibility index (Phi) is 4.56. The van der Waals surface area contributed by atoms with Crippen LogP contribution in [0.5, 0.6) is 0 Å². The van der Waals surface area contributed by atoms with Gasteiger partial charge < -0.3 is 9.84 Å². The number of carbonyl (C=O) groups excluding carboxylic acids is 2. The summed E-state index contributed by atoms with van der Waals surface area (Å²) in [6, 6.07) is 7.16. The van der Waals surface area contributed by atoms with Crippen LogP contribution in [0.3, 0.4) is 0 Å². The van der Waals surface area contributed by atoms with E-state index in [1.165, 1.54) is 30.3 Å². The lowest BCUT2D eigenvalue weighted by atomic mass is 10.3. The minimum atomic E-state index is -3.78. The Hall–Kier alpha value is -2.68. The maximum absolute atomic E-state index is 12.1. The van der Waals surface area contributed by atoms with Crippen LogP contribution in [0.2, 0.25) is 0 Å². The molecule has 1 aromatic carbocycles. The van der Waals surface area contributed by atoms with E-state index in [1.54, 1.807) is 6.92 Å². The highest BCUT2D eigenvalue weighted by molar-refractivity contribution is 7.92. The number of sulfonamides is 1. The summed E-state index contributed by atoms with van der Waals surface area (Å²) in [6.07, 6.45) is 0.218. The number of rotatable bonds is 7. The molecule has 22 heavy (non-hydrogen) atoms. The molecule has 0 saturated heterocycles. The number of nitrogens with one attached hydrogen (secondary N) is 2. The van der Waals surface area contributed by atoms with E-state index in [4.69, 9.17) is 4.52 Å². The first-order valence-corrected chi connectivity index (χ1v) is 7.67. The first kappa shape index (κ1) is 15.7. The fourth-order valence-electron chi connectivity index (χ4n) is 1.59. The Bertz CT molecular complexity index is 780. The van der Waals surface area contributed by atoms with Crippen molar-refractivity contribution in [2.75, 3.05) is 16.6 Å². The van der Waals surface area contributed by atoms with E-state index in [0.717, 1.165) is 0 Å². The number of anilines is 2. The van der Waals surface area contributed by atoms with Crippen molar-refractivity contribution >= 4 is 33.6 Å². The van der Waals surface area contributed by atoms with Crippen molar-refractivity contribution in [3.05, 3.63) is 36.1 Å². The highest BCUT2D eigenvalue weighted by Gasteiger charge is 2.16. The van der Waals surface area contributed by atoms with Gasteiger partial charge in [-0.1, -0.05) is 5.16 Å². The van der Waals surface area contributed by atoms with Gasteiger partial charge in [-0.3, -0.25) is 14.3 Å². The van der Waals surface area contributed by atoms with Crippen LogP contribution >= 0.6 is 0 Å². The molecule has 0 fully saturated rings. The van der Waals surface area contributed by atoms with E-state index < -0.39 is 15.8 Å². The summed E-state index contributed by atoms with van der Waals surface area (Å²) >= 11 is 0. The van der Waals surface area contributed by atoms with Crippen LogP contribution in [0.1, 0.15) is 5.76 Å². The third kappa shape index (κ3) is 3.92. The molecule has 0 spiro atoms. The minimum Gasteiger partial charge on any atom is -0.377 e. The van der Waals surface area contributed by atoms with Crippen molar-refractivity contribution in [2.45, 2.75) is 11.8 Å². The summed E-state index contributed by atoms with van der Waals surface area (Å²) in [4.78, 5) is 21.1. The van der Waals surface area contributed by atoms with Crippen molar-refractivity contribution in [1.82, 2.24) is 5.16 Å². The molecule has 2 N–H and O–H groups in total. The van der Waals surface area contributed by atoms with E-state index in [9.17, 15) is 18.0 Å². The van der Waals surface area contributed by atoms with Gasteiger partial charge in [-0.25, -0.2) is 8.42 Å². The van der Waals surface area contributed by atoms with Crippen LogP contribution in [0, 0.1) is 6.92 Å². The lowest BCUT2D eigenvalue weighted by molar-refractivity contribution is -0.128. The van der Waals surface area contributed by atoms with Crippen LogP contribution in [0.4, 0.5) is 11.5 Å². The lowest BCUT2D eigenvalue weighted by Crippen LogP contribution is -2.15. The zero-order valence-electron chi connectivity index (χ0n) is 11.6. The van der Waals surface area contributed by atoms with Crippen LogP contribution in [0.15, 0.2) is 39.8 Å². The first-order valence-electron chi connectivity index (χ1n) is 6.19. The van der Waals surface area contributed by atoms with Gasteiger partial charge in [-0.2, -0.15) is 0 Å². The van der Waals surface area contributed by atoms with Crippen LogP contribution in [-0.4, -0.2) is 32.2 Å². The molecule has 1 heterocycles. The topological polar surface area (TPSA) is 118 Å². The van der Waals surface area contributed by atoms with Gasteiger partial charge >= 0.3 is 0 Å². The maximum atomic E-state index is 12.1. The Morgan fingerprint density at radius 3 is 2.55 bits per heavy atom. The molecule has 8 nitrogen and oxygen atoms in total. The monoisotopic (exact) mass is 323 g/mol. The Balaban J connectivity index is 2.08. The number of Topliss-reactive ketones (excluding diaryl/α,β-unsaturated/α-hetero) is 1. The van der Waals surface area contributed by atoms with Gasteiger partial charge in [0.05, 0.1) is 11.4 Å². The highest BCUT2D eigenvalue weighted by Crippen LogP contribution is 2.18. The van der Waals surface area contributed by atoms with Crippen LogP contribution in [-0.2, 0) is 19.6 Å². The van der Waals surface area contributed by atoms with Crippen LogP contribution in [0.25, 0.3) is 0 Å². The number of ketones is 1. The largest absolute Gasteiger partial charge is 0.377 e. The van der Waals surface area contributed by atoms with Crippen molar-refractivity contribution in [1.29, 1.82) is 0 Å². The molecular weight excluding hydrogens is 310 g/mol. The molecule has 2 aromatic rings. The first-order chi connectivity index (χ1) is 10.4. The van der Waals surface area contributed by atoms with Crippen molar-refractivity contribution in [3.8, 4) is 0 Å². The van der Waals surface area contributed by atoms with Gasteiger partial charge in [0.1, 0.15) is 5.76 Å². The summed E-state index contributed by atoms with van der Waals surface area (Å²) in [5, 5.41) is 6.26. The Labute approximate surface area is 126 Å². The number of nitrogens with zero attached hydrogens (tertiary/aromatic N) is 1. The van der Waals surface area contributed by atoms with E-state index in [1.807, 2.05) is 0 Å². The fraction of sp³-hybridized carbons (Fsp3) is 0.154. The summed E-state index contributed by atoms with van der Waals surface area (Å²) < 4.78 is 31.3. The second-order valence-electron chi connectivity index (χ2n) is 4.39. The molecule has 0 atom stereocenters.